The van der Waals surface area contributed by atoms with Crippen molar-refractivity contribution in [1.29, 1.82) is 10.5 Å². The van der Waals surface area contributed by atoms with Gasteiger partial charge in [0.15, 0.2) is 0 Å². The Balaban J connectivity index is 2.93. The van der Waals surface area contributed by atoms with E-state index in [0.717, 1.165) is 11.1 Å². The smallest absolute Gasteiger partial charge is 0.129 e. The molecule has 15 heavy (non-hydrogen) atoms. The van der Waals surface area contributed by atoms with Crippen LogP contribution in [0.5, 0.6) is 0 Å². The van der Waals surface area contributed by atoms with E-state index < -0.39 is 0 Å². The molecule has 0 amide bonds. The molecule has 0 spiro atoms. The molecule has 0 bridgehead atoms. The standard InChI is InChI=1S/C13H10N2/c1-11(8-13(9-14)10-15)7-12-5-3-2-4-6-12/h2-8H,1H3. The number of hydrogen-bond donors (Lipinski definition) is 0. The lowest BCUT2D eigenvalue weighted by molar-refractivity contribution is 1.44. The van der Waals surface area contributed by atoms with Crippen LogP contribution in [0, 0.1) is 22.7 Å². The summed E-state index contributed by atoms with van der Waals surface area (Å²) in [5.74, 6) is 0. The van der Waals surface area contributed by atoms with Crippen molar-refractivity contribution in [1.82, 2.24) is 0 Å². The fraction of sp³-hybridized carbons (Fsp3) is 0.0769. The lowest BCUT2D eigenvalue weighted by Gasteiger charge is -1.94. The van der Waals surface area contributed by atoms with E-state index >= 15 is 0 Å². The van der Waals surface area contributed by atoms with Crippen molar-refractivity contribution >= 4 is 6.08 Å². The van der Waals surface area contributed by atoms with Crippen LogP contribution in [0.3, 0.4) is 0 Å². The molecule has 0 aliphatic heterocycles. The van der Waals surface area contributed by atoms with E-state index in [0.29, 0.717) is 0 Å². The molecule has 1 aromatic carbocycles. The van der Waals surface area contributed by atoms with Crippen molar-refractivity contribution in [3.05, 3.63) is 53.1 Å². The molecule has 0 saturated carbocycles. The summed E-state index contributed by atoms with van der Waals surface area (Å²) in [4.78, 5) is 0. The molecule has 0 aliphatic rings. The van der Waals surface area contributed by atoms with E-state index in [1.165, 1.54) is 0 Å². The Morgan fingerprint density at radius 3 is 2.27 bits per heavy atom. The van der Waals surface area contributed by atoms with Crippen LogP contribution in [0.15, 0.2) is 47.6 Å². The molecule has 0 aromatic heterocycles. The highest BCUT2D eigenvalue weighted by molar-refractivity contribution is 5.57. The number of hydrogen-bond acceptors (Lipinski definition) is 2. The fourth-order valence-electron chi connectivity index (χ4n) is 1.17. The lowest BCUT2D eigenvalue weighted by atomic mass is 10.1. The van der Waals surface area contributed by atoms with Gasteiger partial charge in [0, 0.05) is 0 Å². The predicted molar refractivity (Wildman–Crippen MR) is 59.4 cm³/mol. The monoisotopic (exact) mass is 194 g/mol. The third kappa shape index (κ3) is 3.50. The minimum atomic E-state index is 0.125. The van der Waals surface area contributed by atoms with E-state index in [1.54, 1.807) is 6.08 Å². The summed E-state index contributed by atoms with van der Waals surface area (Å²) >= 11 is 0. The molecule has 1 rings (SSSR count). The average molecular weight is 194 g/mol. The van der Waals surface area contributed by atoms with Crippen LogP contribution in [0.2, 0.25) is 0 Å². The molecule has 0 N–H and O–H groups in total. The van der Waals surface area contributed by atoms with Crippen molar-refractivity contribution in [3.63, 3.8) is 0 Å². The third-order valence-corrected chi connectivity index (χ3v) is 1.81. The van der Waals surface area contributed by atoms with Crippen LogP contribution in [-0.2, 0) is 0 Å². The topological polar surface area (TPSA) is 47.6 Å². The van der Waals surface area contributed by atoms with Gasteiger partial charge < -0.3 is 0 Å². The molecule has 2 heteroatoms. The minimum Gasteiger partial charge on any atom is -0.192 e. The van der Waals surface area contributed by atoms with Crippen LogP contribution < -0.4 is 0 Å². The minimum absolute atomic E-state index is 0.125. The zero-order chi connectivity index (χ0) is 11.1. The molecule has 0 unspecified atom stereocenters. The summed E-state index contributed by atoms with van der Waals surface area (Å²) in [7, 11) is 0. The highest BCUT2D eigenvalue weighted by Gasteiger charge is 1.92. The molecule has 1 aromatic rings. The average Bonchev–Trinajstić information content (AvgIpc) is 2.27. The first-order valence-electron chi connectivity index (χ1n) is 4.51. The van der Waals surface area contributed by atoms with Gasteiger partial charge >= 0.3 is 0 Å². The first-order chi connectivity index (χ1) is 7.26. The molecule has 2 nitrogen and oxygen atoms in total. The van der Waals surface area contributed by atoms with Crippen LogP contribution in [0.4, 0.5) is 0 Å². The van der Waals surface area contributed by atoms with Gasteiger partial charge in [0.2, 0.25) is 0 Å². The number of benzene rings is 1. The molecule has 0 atom stereocenters. The Bertz CT molecular complexity index is 451. The van der Waals surface area contributed by atoms with E-state index in [2.05, 4.69) is 0 Å². The van der Waals surface area contributed by atoms with Crippen LogP contribution >= 0.6 is 0 Å². The molecule has 72 valence electrons. The zero-order valence-corrected chi connectivity index (χ0v) is 8.44. The van der Waals surface area contributed by atoms with Crippen molar-refractivity contribution in [2.45, 2.75) is 6.92 Å². The molecule has 0 fully saturated rings. The van der Waals surface area contributed by atoms with Crippen LogP contribution in [0.25, 0.3) is 6.08 Å². The fourth-order valence-corrected chi connectivity index (χ4v) is 1.17. The van der Waals surface area contributed by atoms with Gasteiger partial charge in [0.05, 0.1) is 0 Å². The summed E-state index contributed by atoms with van der Waals surface area (Å²) in [6, 6.07) is 13.4. The van der Waals surface area contributed by atoms with Gasteiger partial charge in [0.25, 0.3) is 0 Å². The van der Waals surface area contributed by atoms with E-state index in [4.69, 9.17) is 10.5 Å². The van der Waals surface area contributed by atoms with Crippen molar-refractivity contribution in [3.8, 4) is 12.1 Å². The summed E-state index contributed by atoms with van der Waals surface area (Å²) in [5, 5.41) is 17.1. The summed E-state index contributed by atoms with van der Waals surface area (Å²) < 4.78 is 0. The number of allylic oxidation sites excluding steroid dienone is 3. The van der Waals surface area contributed by atoms with Crippen molar-refractivity contribution < 1.29 is 0 Å². The molecule has 0 saturated heterocycles. The first-order valence-corrected chi connectivity index (χ1v) is 4.51. The zero-order valence-electron chi connectivity index (χ0n) is 8.44. The van der Waals surface area contributed by atoms with Crippen molar-refractivity contribution in [2.75, 3.05) is 0 Å². The molecule has 0 heterocycles. The summed E-state index contributed by atoms with van der Waals surface area (Å²) in [6.45, 7) is 1.86. The van der Waals surface area contributed by atoms with Gasteiger partial charge in [-0.05, 0) is 24.1 Å². The quantitative estimate of drug-likeness (QED) is 0.536. The van der Waals surface area contributed by atoms with Crippen LogP contribution in [-0.4, -0.2) is 0 Å². The van der Waals surface area contributed by atoms with Crippen molar-refractivity contribution in [2.24, 2.45) is 0 Å². The van der Waals surface area contributed by atoms with Gasteiger partial charge in [0.1, 0.15) is 17.7 Å². The van der Waals surface area contributed by atoms with Gasteiger partial charge in [-0.3, -0.25) is 0 Å². The Hall–Kier alpha value is -2.32. The second kappa shape index (κ2) is 5.42. The second-order valence-corrected chi connectivity index (χ2v) is 3.08. The Labute approximate surface area is 89.4 Å². The SMILES string of the molecule is CC(C=C(C#N)C#N)=Cc1ccccc1. The highest BCUT2D eigenvalue weighted by Crippen LogP contribution is 2.08. The number of nitriles is 2. The Morgan fingerprint density at radius 2 is 1.73 bits per heavy atom. The van der Waals surface area contributed by atoms with E-state index in [9.17, 15) is 0 Å². The number of rotatable bonds is 2. The highest BCUT2D eigenvalue weighted by atomic mass is 14.3. The van der Waals surface area contributed by atoms with E-state index in [1.807, 2.05) is 55.5 Å². The summed E-state index contributed by atoms with van der Waals surface area (Å²) in [5.41, 5.74) is 2.07. The third-order valence-electron chi connectivity index (χ3n) is 1.81. The molecular formula is C13H10N2. The normalized spacial score (nSPS) is 9.93. The van der Waals surface area contributed by atoms with Gasteiger partial charge in [-0.25, -0.2) is 0 Å². The maximum Gasteiger partial charge on any atom is 0.129 e. The number of nitrogens with zero attached hydrogens (tertiary/aromatic N) is 2. The maximum atomic E-state index is 8.57. The predicted octanol–water partition coefficient (Wildman–Crippen LogP) is 3.06. The Morgan fingerprint density at radius 1 is 1.13 bits per heavy atom. The second-order valence-electron chi connectivity index (χ2n) is 3.08. The largest absolute Gasteiger partial charge is 0.192 e. The lowest BCUT2D eigenvalue weighted by Crippen LogP contribution is -1.76. The van der Waals surface area contributed by atoms with Gasteiger partial charge in [-0.2, -0.15) is 10.5 Å². The van der Waals surface area contributed by atoms with Crippen LogP contribution in [0.1, 0.15) is 12.5 Å². The molecule has 0 radical (unpaired) electrons. The van der Waals surface area contributed by atoms with Gasteiger partial charge in [-0.1, -0.05) is 36.4 Å². The first kappa shape index (κ1) is 10.8. The molecular weight excluding hydrogens is 184 g/mol. The molecule has 0 aliphatic carbocycles. The van der Waals surface area contributed by atoms with E-state index in [-0.39, 0.29) is 5.57 Å². The van der Waals surface area contributed by atoms with Gasteiger partial charge in [-0.15, -0.1) is 0 Å². The summed E-state index contributed by atoms with van der Waals surface area (Å²) in [6.07, 6.45) is 3.50. The maximum absolute atomic E-state index is 8.57. The Kier molecular flexibility index (Phi) is 3.89.